The molecular formula is C12H16BrNO. The highest BCUT2D eigenvalue weighted by molar-refractivity contribution is 9.10. The van der Waals surface area contributed by atoms with Gasteiger partial charge in [-0.15, -0.1) is 0 Å². The van der Waals surface area contributed by atoms with Crippen LogP contribution in [0.3, 0.4) is 0 Å². The zero-order valence-electron chi connectivity index (χ0n) is 8.95. The zero-order chi connectivity index (χ0) is 10.7. The topological polar surface area (TPSA) is 12.5 Å². The van der Waals surface area contributed by atoms with E-state index in [-0.39, 0.29) is 0 Å². The van der Waals surface area contributed by atoms with Gasteiger partial charge in [-0.05, 0) is 24.6 Å². The number of morpholine rings is 1. The number of benzene rings is 1. The predicted molar refractivity (Wildman–Crippen MR) is 64.8 cm³/mol. The Bertz CT molecular complexity index is 329. The molecule has 1 fully saturated rings. The number of halogens is 1. The Balaban J connectivity index is 2.01. The van der Waals surface area contributed by atoms with Crippen molar-refractivity contribution in [1.82, 2.24) is 4.90 Å². The van der Waals surface area contributed by atoms with Gasteiger partial charge in [0.05, 0.1) is 13.2 Å². The van der Waals surface area contributed by atoms with Crippen molar-refractivity contribution < 1.29 is 4.74 Å². The Labute approximate surface area is 99.4 Å². The molecule has 2 nitrogen and oxygen atoms in total. The summed E-state index contributed by atoms with van der Waals surface area (Å²) >= 11 is 3.50. The van der Waals surface area contributed by atoms with Crippen LogP contribution in [0.2, 0.25) is 0 Å². The summed E-state index contributed by atoms with van der Waals surface area (Å²) in [7, 11) is 0. The van der Waals surface area contributed by atoms with Crippen molar-refractivity contribution in [2.75, 3.05) is 19.8 Å². The zero-order valence-corrected chi connectivity index (χ0v) is 10.5. The van der Waals surface area contributed by atoms with Crippen LogP contribution in [0.5, 0.6) is 0 Å². The highest BCUT2D eigenvalue weighted by Gasteiger charge is 2.18. The molecule has 1 unspecified atom stereocenters. The van der Waals surface area contributed by atoms with E-state index in [1.165, 1.54) is 5.56 Å². The van der Waals surface area contributed by atoms with Crippen molar-refractivity contribution >= 4 is 15.9 Å². The summed E-state index contributed by atoms with van der Waals surface area (Å²) in [6.07, 6.45) is 0. The molecule has 1 aromatic carbocycles. The molecule has 1 aliphatic heterocycles. The molecule has 0 radical (unpaired) electrons. The van der Waals surface area contributed by atoms with Gasteiger partial charge in [-0.1, -0.05) is 28.1 Å². The van der Waals surface area contributed by atoms with Gasteiger partial charge in [-0.2, -0.15) is 0 Å². The Kier molecular flexibility index (Phi) is 3.78. The molecule has 15 heavy (non-hydrogen) atoms. The van der Waals surface area contributed by atoms with Gasteiger partial charge in [-0.25, -0.2) is 0 Å². The maximum absolute atomic E-state index is 5.42. The molecule has 1 heterocycles. The molecule has 82 valence electrons. The lowest BCUT2D eigenvalue weighted by Crippen LogP contribution is -2.42. The standard InChI is InChI=1S/C12H16BrNO/c1-10-9-15-6-5-14(10)8-11-3-2-4-12(13)7-11/h2-4,7,10H,5-6,8-9H2,1H3. The van der Waals surface area contributed by atoms with Gasteiger partial charge in [0, 0.05) is 23.6 Å². The number of nitrogens with zero attached hydrogens (tertiary/aromatic N) is 1. The molecule has 1 atom stereocenters. The van der Waals surface area contributed by atoms with Crippen LogP contribution < -0.4 is 0 Å². The van der Waals surface area contributed by atoms with Crippen molar-refractivity contribution in [3.05, 3.63) is 34.3 Å². The van der Waals surface area contributed by atoms with E-state index < -0.39 is 0 Å². The second-order valence-electron chi connectivity index (χ2n) is 4.02. The van der Waals surface area contributed by atoms with Gasteiger partial charge < -0.3 is 4.74 Å². The summed E-state index contributed by atoms with van der Waals surface area (Å²) in [4.78, 5) is 2.46. The molecule has 1 saturated heterocycles. The van der Waals surface area contributed by atoms with Crippen molar-refractivity contribution in [3.8, 4) is 0 Å². The predicted octanol–water partition coefficient (Wildman–Crippen LogP) is 2.67. The van der Waals surface area contributed by atoms with Crippen LogP contribution in [0, 0.1) is 0 Å². The van der Waals surface area contributed by atoms with E-state index in [0.717, 1.165) is 30.8 Å². The van der Waals surface area contributed by atoms with Crippen molar-refractivity contribution in [2.45, 2.75) is 19.5 Å². The van der Waals surface area contributed by atoms with Crippen molar-refractivity contribution in [1.29, 1.82) is 0 Å². The fourth-order valence-corrected chi connectivity index (χ4v) is 2.31. The first-order valence-corrected chi connectivity index (χ1v) is 6.11. The SMILES string of the molecule is CC1COCCN1Cc1cccc(Br)c1. The molecule has 3 heteroatoms. The molecule has 0 bridgehead atoms. The summed E-state index contributed by atoms with van der Waals surface area (Å²) in [6.45, 7) is 5.99. The summed E-state index contributed by atoms with van der Waals surface area (Å²) in [6, 6.07) is 9.03. The molecule has 0 saturated carbocycles. The molecule has 0 aromatic heterocycles. The minimum Gasteiger partial charge on any atom is -0.379 e. The molecule has 2 rings (SSSR count). The second kappa shape index (κ2) is 5.10. The van der Waals surface area contributed by atoms with E-state index in [2.05, 4.69) is 52.0 Å². The fraction of sp³-hybridized carbons (Fsp3) is 0.500. The largest absolute Gasteiger partial charge is 0.379 e. The van der Waals surface area contributed by atoms with E-state index in [9.17, 15) is 0 Å². The first-order chi connectivity index (χ1) is 7.25. The van der Waals surface area contributed by atoms with Crippen LogP contribution in [0.1, 0.15) is 12.5 Å². The average Bonchev–Trinajstić information content (AvgIpc) is 2.22. The lowest BCUT2D eigenvalue weighted by Gasteiger charge is -2.33. The van der Waals surface area contributed by atoms with Gasteiger partial charge in [0.1, 0.15) is 0 Å². The maximum Gasteiger partial charge on any atom is 0.0619 e. The van der Waals surface area contributed by atoms with Crippen LogP contribution in [-0.4, -0.2) is 30.7 Å². The number of rotatable bonds is 2. The summed E-state index contributed by atoms with van der Waals surface area (Å²) in [5.74, 6) is 0. The first-order valence-electron chi connectivity index (χ1n) is 5.32. The van der Waals surface area contributed by atoms with Crippen LogP contribution >= 0.6 is 15.9 Å². The highest BCUT2D eigenvalue weighted by atomic mass is 79.9. The smallest absolute Gasteiger partial charge is 0.0619 e. The van der Waals surface area contributed by atoms with E-state index in [0.29, 0.717) is 6.04 Å². The van der Waals surface area contributed by atoms with E-state index >= 15 is 0 Å². The third-order valence-corrected chi connectivity index (χ3v) is 3.27. The van der Waals surface area contributed by atoms with Gasteiger partial charge in [0.25, 0.3) is 0 Å². The minimum atomic E-state index is 0.526. The van der Waals surface area contributed by atoms with E-state index in [1.54, 1.807) is 0 Å². The summed E-state index contributed by atoms with van der Waals surface area (Å²) in [5.41, 5.74) is 1.36. The quantitative estimate of drug-likeness (QED) is 0.819. The lowest BCUT2D eigenvalue weighted by molar-refractivity contribution is -0.00437. The molecule has 0 N–H and O–H groups in total. The van der Waals surface area contributed by atoms with Crippen LogP contribution in [-0.2, 0) is 11.3 Å². The van der Waals surface area contributed by atoms with Crippen LogP contribution in [0.15, 0.2) is 28.7 Å². The summed E-state index contributed by atoms with van der Waals surface area (Å²) < 4.78 is 6.58. The lowest BCUT2D eigenvalue weighted by atomic mass is 10.1. The third kappa shape index (κ3) is 3.03. The van der Waals surface area contributed by atoms with Gasteiger partial charge in [-0.3, -0.25) is 4.90 Å². The Morgan fingerprint density at radius 1 is 1.53 bits per heavy atom. The second-order valence-corrected chi connectivity index (χ2v) is 4.94. The van der Waals surface area contributed by atoms with Gasteiger partial charge in [0.15, 0.2) is 0 Å². The first kappa shape index (κ1) is 11.1. The van der Waals surface area contributed by atoms with E-state index in [4.69, 9.17) is 4.74 Å². The normalized spacial score (nSPS) is 22.9. The number of hydrogen-bond acceptors (Lipinski definition) is 2. The monoisotopic (exact) mass is 269 g/mol. The van der Waals surface area contributed by atoms with Crippen molar-refractivity contribution in [2.24, 2.45) is 0 Å². The Morgan fingerprint density at radius 3 is 3.13 bits per heavy atom. The minimum absolute atomic E-state index is 0.526. The molecular weight excluding hydrogens is 254 g/mol. The fourth-order valence-electron chi connectivity index (χ4n) is 1.87. The van der Waals surface area contributed by atoms with Gasteiger partial charge >= 0.3 is 0 Å². The van der Waals surface area contributed by atoms with Crippen LogP contribution in [0.25, 0.3) is 0 Å². The molecule has 0 aliphatic carbocycles. The maximum atomic E-state index is 5.42. The Hall–Kier alpha value is -0.380. The third-order valence-electron chi connectivity index (χ3n) is 2.78. The number of ether oxygens (including phenoxy) is 1. The molecule has 0 amide bonds. The summed E-state index contributed by atoms with van der Waals surface area (Å²) in [5, 5.41) is 0. The molecule has 1 aromatic rings. The van der Waals surface area contributed by atoms with Crippen molar-refractivity contribution in [3.63, 3.8) is 0 Å². The van der Waals surface area contributed by atoms with Gasteiger partial charge in [0.2, 0.25) is 0 Å². The molecule has 0 spiro atoms. The Morgan fingerprint density at radius 2 is 2.40 bits per heavy atom. The average molecular weight is 270 g/mol. The van der Waals surface area contributed by atoms with E-state index in [1.807, 2.05) is 0 Å². The highest BCUT2D eigenvalue weighted by Crippen LogP contribution is 2.16. The molecule has 1 aliphatic rings. The number of hydrogen-bond donors (Lipinski definition) is 0. The van der Waals surface area contributed by atoms with Crippen LogP contribution in [0.4, 0.5) is 0 Å².